The van der Waals surface area contributed by atoms with Gasteiger partial charge in [-0.05, 0) is 13.0 Å². The van der Waals surface area contributed by atoms with Crippen LogP contribution in [0.15, 0.2) is 12.2 Å². The predicted molar refractivity (Wildman–Crippen MR) is 53.3 cm³/mol. The van der Waals surface area contributed by atoms with Crippen LogP contribution < -0.4 is 5.73 Å². The van der Waals surface area contributed by atoms with Crippen molar-refractivity contribution in [3.63, 3.8) is 0 Å². The monoisotopic (exact) mass is 192 g/mol. The van der Waals surface area contributed by atoms with Gasteiger partial charge in [0.15, 0.2) is 0 Å². The largest absolute Gasteiger partial charge is 0.345 e. The Bertz CT molecular complexity index is 146. The first kappa shape index (κ1) is 14.0. The molecule has 0 fully saturated rings. The van der Waals surface area contributed by atoms with Crippen molar-refractivity contribution in [2.75, 3.05) is 27.0 Å². The number of nitrogens with zero attached hydrogens (tertiary/aromatic N) is 1. The second-order valence-electron chi connectivity index (χ2n) is 2.34. The summed E-state index contributed by atoms with van der Waals surface area (Å²) in [5.74, 6) is -0.0366. The van der Waals surface area contributed by atoms with E-state index in [9.17, 15) is 4.79 Å². The van der Waals surface area contributed by atoms with E-state index in [2.05, 4.69) is 18.2 Å². The van der Waals surface area contributed by atoms with Gasteiger partial charge >= 0.3 is 0 Å². The summed E-state index contributed by atoms with van der Waals surface area (Å²) in [5.41, 5.74) is 5.81. The molecule has 0 atom stereocenters. The molecule has 0 saturated carbocycles. The van der Waals surface area contributed by atoms with E-state index < -0.39 is 0 Å². The first-order valence-corrected chi connectivity index (χ1v) is 4.32. The maximum absolute atomic E-state index is 11.0. The smallest absolute Gasteiger partial charge is 0.248 e. The summed E-state index contributed by atoms with van der Waals surface area (Å²) in [7, 11) is 3.40. The number of likely N-dealkylation sites (N-methyl/N-ethyl adjacent to an activating group) is 1. The van der Waals surface area contributed by atoms with Crippen LogP contribution in [0.5, 0.6) is 0 Å². The molecule has 0 spiro atoms. The fourth-order valence-electron chi connectivity index (χ4n) is 0.597. The molecule has 0 aromatic rings. The van der Waals surface area contributed by atoms with Gasteiger partial charge in [0.2, 0.25) is 5.91 Å². The third kappa shape index (κ3) is 6.19. The lowest BCUT2D eigenvalue weighted by molar-refractivity contribution is -0.124. The summed E-state index contributed by atoms with van der Waals surface area (Å²) in [6.45, 7) is 4.08. The van der Waals surface area contributed by atoms with Gasteiger partial charge in [-0.2, -0.15) is 0 Å². The van der Waals surface area contributed by atoms with Crippen LogP contribution in [0.2, 0.25) is 0 Å². The number of alkyl halides is 1. The molecule has 3 nitrogen and oxygen atoms in total. The fraction of sp³-hybridized carbons (Fsp3) is 0.625. The summed E-state index contributed by atoms with van der Waals surface area (Å²) in [4.78, 5) is 12.5. The van der Waals surface area contributed by atoms with Gasteiger partial charge in [-0.15, -0.1) is 11.6 Å². The van der Waals surface area contributed by atoms with Gasteiger partial charge in [-0.1, -0.05) is 6.58 Å². The molecular formula is C8H17ClN2O. The van der Waals surface area contributed by atoms with Crippen molar-refractivity contribution in [3.8, 4) is 0 Å². The van der Waals surface area contributed by atoms with Crippen LogP contribution in [-0.2, 0) is 4.79 Å². The minimum absolute atomic E-state index is 0.0366. The van der Waals surface area contributed by atoms with Gasteiger partial charge in [-0.3, -0.25) is 4.79 Å². The molecule has 12 heavy (non-hydrogen) atoms. The SMILES string of the molecule is C=C(CCN)C(=O)N(C)C.CCl. The Balaban J connectivity index is 0. The molecule has 1 amide bonds. The van der Waals surface area contributed by atoms with Crippen LogP contribution in [0.1, 0.15) is 6.42 Å². The zero-order valence-corrected chi connectivity index (χ0v) is 8.69. The zero-order chi connectivity index (χ0) is 10.1. The van der Waals surface area contributed by atoms with Crippen LogP contribution >= 0.6 is 11.6 Å². The second-order valence-corrected chi connectivity index (χ2v) is 2.34. The van der Waals surface area contributed by atoms with Crippen molar-refractivity contribution in [3.05, 3.63) is 12.2 Å². The number of rotatable bonds is 3. The van der Waals surface area contributed by atoms with Crippen molar-refractivity contribution in [2.24, 2.45) is 5.73 Å². The van der Waals surface area contributed by atoms with Crippen molar-refractivity contribution in [1.29, 1.82) is 0 Å². The van der Waals surface area contributed by atoms with Gasteiger partial charge in [-0.25, -0.2) is 0 Å². The first-order valence-electron chi connectivity index (χ1n) is 3.57. The minimum Gasteiger partial charge on any atom is -0.345 e. The number of halogens is 1. The highest BCUT2D eigenvalue weighted by Crippen LogP contribution is 1.98. The average Bonchev–Trinajstić information content (AvgIpc) is 2.07. The first-order chi connectivity index (χ1) is 5.59. The quantitative estimate of drug-likeness (QED) is 0.532. The van der Waals surface area contributed by atoms with Crippen LogP contribution in [0, 0.1) is 0 Å². The molecule has 0 aliphatic carbocycles. The van der Waals surface area contributed by atoms with Crippen LogP contribution in [0.25, 0.3) is 0 Å². The number of carbonyl (C=O) groups is 1. The van der Waals surface area contributed by atoms with E-state index >= 15 is 0 Å². The van der Waals surface area contributed by atoms with E-state index in [0.717, 1.165) is 0 Å². The highest BCUT2D eigenvalue weighted by molar-refractivity contribution is 6.15. The number of carbonyl (C=O) groups excluding carboxylic acids is 1. The molecule has 0 unspecified atom stereocenters. The van der Waals surface area contributed by atoms with E-state index in [0.29, 0.717) is 18.5 Å². The Morgan fingerprint density at radius 3 is 2.17 bits per heavy atom. The standard InChI is InChI=1S/C7H14N2O.CH3Cl/c1-6(4-5-8)7(10)9(2)3;1-2/h1,4-5,8H2,2-3H3;1H3. The third-order valence-corrected chi connectivity index (χ3v) is 1.15. The lowest BCUT2D eigenvalue weighted by atomic mass is 10.2. The highest BCUT2D eigenvalue weighted by Gasteiger charge is 2.06. The molecular weight excluding hydrogens is 176 g/mol. The van der Waals surface area contributed by atoms with Crippen molar-refractivity contribution >= 4 is 17.5 Å². The Morgan fingerprint density at radius 1 is 1.50 bits per heavy atom. The Morgan fingerprint density at radius 2 is 1.92 bits per heavy atom. The van der Waals surface area contributed by atoms with Crippen molar-refractivity contribution in [1.82, 2.24) is 4.90 Å². The number of nitrogens with two attached hydrogens (primary N) is 1. The van der Waals surface area contributed by atoms with Gasteiger partial charge in [0.1, 0.15) is 0 Å². The Labute approximate surface area is 79.2 Å². The van der Waals surface area contributed by atoms with E-state index in [1.165, 1.54) is 11.3 Å². The van der Waals surface area contributed by atoms with E-state index in [-0.39, 0.29) is 5.91 Å². The fourth-order valence-corrected chi connectivity index (χ4v) is 0.597. The molecule has 0 saturated heterocycles. The maximum atomic E-state index is 11.0. The summed E-state index contributed by atoms with van der Waals surface area (Å²) < 4.78 is 0. The molecule has 0 radical (unpaired) electrons. The molecule has 0 bridgehead atoms. The minimum atomic E-state index is -0.0366. The van der Waals surface area contributed by atoms with E-state index in [1.54, 1.807) is 14.1 Å². The molecule has 72 valence electrons. The lowest BCUT2D eigenvalue weighted by Gasteiger charge is -2.10. The lowest BCUT2D eigenvalue weighted by Crippen LogP contribution is -2.24. The second kappa shape index (κ2) is 8.56. The molecule has 0 heterocycles. The Hall–Kier alpha value is -0.540. The van der Waals surface area contributed by atoms with Crippen molar-refractivity contribution in [2.45, 2.75) is 6.42 Å². The van der Waals surface area contributed by atoms with Crippen LogP contribution in [-0.4, -0.2) is 37.8 Å². The normalized spacial score (nSPS) is 8.08. The number of hydrogen-bond donors (Lipinski definition) is 1. The van der Waals surface area contributed by atoms with Crippen LogP contribution in [0.3, 0.4) is 0 Å². The maximum Gasteiger partial charge on any atom is 0.248 e. The number of amides is 1. The molecule has 4 heteroatoms. The third-order valence-electron chi connectivity index (χ3n) is 1.15. The molecule has 2 N–H and O–H groups in total. The van der Waals surface area contributed by atoms with Crippen molar-refractivity contribution < 1.29 is 4.79 Å². The van der Waals surface area contributed by atoms with Gasteiger partial charge in [0.05, 0.1) is 0 Å². The van der Waals surface area contributed by atoms with E-state index in [4.69, 9.17) is 5.73 Å². The molecule has 0 aromatic heterocycles. The molecule has 0 aromatic carbocycles. The summed E-state index contributed by atoms with van der Waals surface area (Å²) in [6, 6.07) is 0. The number of hydrogen-bond acceptors (Lipinski definition) is 2. The van der Waals surface area contributed by atoms with Crippen LogP contribution in [0.4, 0.5) is 0 Å². The molecule has 0 aliphatic heterocycles. The van der Waals surface area contributed by atoms with Gasteiger partial charge in [0.25, 0.3) is 0 Å². The predicted octanol–water partition coefficient (Wildman–Crippen LogP) is 0.835. The summed E-state index contributed by atoms with van der Waals surface area (Å²) in [5, 5.41) is 0. The zero-order valence-electron chi connectivity index (χ0n) is 7.93. The van der Waals surface area contributed by atoms with E-state index in [1.807, 2.05) is 0 Å². The Kier molecular flexibility index (Phi) is 9.99. The topological polar surface area (TPSA) is 46.3 Å². The summed E-state index contributed by atoms with van der Waals surface area (Å²) in [6.07, 6.45) is 2.05. The molecule has 0 aliphatic rings. The average molecular weight is 193 g/mol. The highest BCUT2D eigenvalue weighted by atomic mass is 35.5. The summed E-state index contributed by atoms with van der Waals surface area (Å²) >= 11 is 4.64. The van der Waals surface area contributed by atoms with Gasteiger partial charge < -0.3 is 10.6 Å². The van der Waals surface area contributed by atoms with Gasteiger partial charge in [0, 0.05) is 26.1 Å². The molecule has 0 rings (SSSR count).